The Hall–Kier alpha value is -0.180. The molecule has 66 valence electrons. The first kappa shape index (κ1) is 9.90. The van der Waals surface area contributed by atoms with Gasteiger partial charge in [0.25, 0.3) is 0 Å². The summed E-state index contributed by atoms with van der Waals surface area (Å²) in [6.45, 7) is 2.11. The highest BCUT2D eigenvalue weighted by Crippen LogP contribution is 2.24. The summed E-state index contributed by atoms with van der Waals surface area (Å²) < 4.78 is 0. The van der Waals surface area contributed by atoms with Crippen LogP contribution in [0.15, 0.2) is 23.1 Å². The standard InChI is InChI=1S/C9H11ClOS/c1-2-12-8-4-3-7(6-11)9(10)5-8/h3-5,11H,2,6H2,1H3. The van der Waals surface area contributed by atoms with Crippen molar-refractivity contribution in [1.82, 2.24) is 0 Å². The predicted molar refractivity (Wildman–Crippen MR) is 53.8 cm³/mol. The maximum absolute atomic E-state index is 8.85. The number of hydrogen-bond acceptors (Lipinski definition) is 2. The van der Waals surface area contributed by atoms with E-state index in [9.17, 15) is 0 Å². The largest absolute Gasteiger partial charge is 0.392 e. The van der Waals surface area contributed by atoms with E-state index in [1.807, 2.05) is 18.2 Å². The molecule has 12 heavy (non-hydrogen) atoms. The molecule has 1 aromatic rings. The molecule has 0 aliphatic carbocycles. The summed E-state index contributed by atoms with van der Waals surface area (Å²) in [4.78, 5) is 1.15. The lowest BCUT2D eigenvalue weighted by molar-refractivity contribution is 0.282. The Morgan fingerprint density at radius 1 is 1.50 bits per heavy atom. The van der Waals surface area contributed by atoms with Crippen LogP contribution in [-0.4, -0.2) is 10.9 Å². The lowest BCUT2D eigenvalue weighted by Crippen LogP contribution is -1.84. The molecule has 0 fully saturated rings. The van der Waals surface area contributed by atoms with Crippen molar-refractivity contribution in [3.8, 4) is 0 Å². The van der Waals surface area contributed by atoms with E-state index in [-0.39, 0.29) is 6.61 Å². The Labute approximate surface area is 81.7 Å². The molecule has 0 bridgehead atoms. The van der Waals surface area contributed by atoms with E-state index >= 15 is 0 Å². The fraction of sp³-hybridized carbons (Fsp3) is 0.333. The van der Waals surface area contributed by atoms with Gasteiger partial charge in [-0.25, -0.2) is 0 Å². The second kappa shape index (κ2) is 4.75. The van der Waals surface area contributed by atoms with Crippen LogP contribution in [0.1, 0.15) is 12.5 Å². The molecule has 0 heterocycles. The molecule has 1 aromatic carbocycles. The first-order valence-corrected chi connectivity index (χ1v) is 5.16. The summed E-state index contributed by atoms with van der Waals surface area (Å²) >= 11 is 7.63. The minimum Gasteiger partial charge on any atom is -0.392 e. The molecule has 0 unspecified atom stereocenters. The zero-order valence-electron chi connectivity index (χ0n) is 6.88. The van der Waals surface area contributed by atoms with Crippen molar-refractivity contribution >= 4 is 23.4 Å². The molecule has 0 amide bonds. The van der Waals surface area contributed by atoms with E-state index in [0.717, 1.165) is 16.2 Å². The van der Waals surface area contributed by atoms with Crippen LogP contribution >= 0.6 is 23.4 Å². The van der Waals surface area contributed by atoms with Crippen molar-refractivity contribution in [2.45, 2.75) is 18.4 Å². The van der Waals surface area contributed by atoms with E-state index in [0.29, 0.717) is 5.02 Å². The van der Waals surface area contributed by atoms with Gasteiger partial charge in [-0.05, 0) is 23.4 Å². The van der Waals surface area contributed by atoms with Gasteiger partial charge in [-0.2, -0.15) is 0 Å². The molecule has 0 radical (unpaired) electrons. The molecular weight excluding hydrogens is 192 g/mol. The van der Waals surface area contributed by atoms with E-state index in [4.69, 9.17) is 16.7 Å². The van der Waals surface area contributed by atoms with E-state index in [1.54, 1.807) is 11.8 Å². The first-order valence-electron chi connectivity index (χ1n) is 3.80. The number of benzene rings is 1. The molecule has 0 saturated carbocycles. The molecule has 0 aliphatic heterocycles. The molecule has 1 rings (SSSR count). The van der Waals surface area contributed by atoms with Crippen LogP contribution in [-0.2, 0) is 6.61 Å². The first-order chi connectivity index (χ1) is 5.77. The van der Waals surface area contributed by atoms with Gasteiger partial charge in [-0.3, -0.25) is 0 Å². The number of aliphatic hydroxyl groups is 1. The van der Waals surface area contributed by atoms with Gasteiger partial charge in [0.2, 0.25) is 0 Å². The van der Waals surface area contributed by atoms with Crippen LogP contribution in [0, 0.1) is 0 Å². The lowest BCUT2D eigenvalue weighted by atomic mass is 10.2. The van der Waals surface area contributed by atoms with Crippen LogP contribution in [0.3, 0.4) is 0 Å². The van der Waals surface area contributed by atoms with E-state index in [1.165, 1.54) is 0 Å². The predicted octanol–water partition coefficient (Wildman–Crippen LogP) is 2.94. The van der Waals surface area contributed by atoms with Gasteiger partial charge in [0.05, 0.1) is 6.61 Å². The molecule has 3 heteroatoms. The molecule has 0 aromatic heterocycles. The van der Waals surface area contributed by atoms with Gasteiger partial charge in [0, 0.05) is 9.92 Å². The average Bonchev–Trinajstić information content (AvgIpc) is 2.05. The molecular formula is C9H11ClOS. The molecule has 0 aliphatic rings. The van der Waals surface area contributed by atoms with Crippen LogP contribution in [0.25, 0.3) is 0 Å². The smallest absolute Gasteiger partial charge is 0.0696 e. The zero-order chi connectivity index (χ0) is 8.97. The molecule has 0 atom stereocenters. The van der Waals surface area contributed by atoms with Crippen molar-refractivity contribution < 1.29 is 5.11 Å². The summed E-state index contributed by atoms with van der Waals surface area (Å²) in [6.07, 6.45) is 0. The van der Waals surface area contributed by atoms with Gasteiger partial charge in [-0.15, -0.1) is 11.8 Å². The van der Waals surface area contributed by atoms with Crippen molar-refractivity contribution in [1.29, 1.82) is 0 Å². The third kappa shape index (κ3) is 2.41. The SMILES string of the molecule is CCSc1ccc(CO)c(Cl)c1. The molecule has 1 N–H and O–H groups in total. The minimum atomic E-state index is 0.00983. The van der Waals surface area contributed by atoms with E-state index < -0.39 is 0 Å². The Morgan fingerprint density at radius 2 is 2.25 bits per heavy atom. The third-order valence-corrected chi connectivity index (χ3v) is 2.73. The van der Waals surface area contributed by atoms with Crippen LogP contribution < -0.4 is 0 Å². The normalized spacial score (nSPS) is 10.2. The Bertz CT molecular complexity index is 263. The van der Waals surface area contributed by atoms with Gasteiger partial charge < -0.3 is 5.11 Å². The lowest BCUT2D eigenvalue weighted by Gasteiger charge is -2.02. The van der Waals surface area contributed by atoms with Crippen molar-refractivity contribution in [3.63, 3.8) is 0 Å². The number of hydrogen-bond donors (Lipinski definition) is 1. The van der Waals surface area contributed by atoms with Gasteiger partial charge >= 0.3 is 0 Å². The van der Waals surface area contributed by atoms with Crippen LogP contribution in [0.4, 0.5) is 0 Å². The fourth-order valence-electron chi connectivity index (χ4n) is 0.913. The monoisotopic (exact) mass is 202 g/mol. The Balaban J connectivity index is 2.86. The molecule has 0 saturated heterocycles. The summed E-state index contributed by atoms with van der Waals surface area (Å²) in [7, 11) is 0. The third-order valence-electron chi connectivity index (χ3n) is 1.51. The van der Waals surface area contributed by atoms with Crippen molar-refractivity contribution in [3.05, 3.63) is 28.8 Å². The van der Waals surface area contributed by atoms with Crippen LogP contribution in [0.2, 0.25) is 5.02 Å². The highest BCUT2D eigenvalue weighted by molar-refractivity contribution is 7.99. The second-order valence-corrected chi connectivity index (χ2v) is 4.09. The quantitative estimate of drug-likeness (QED) is 0.761. The average molecular weight is 203 g/mol. The van der Waals surface area contributed by atoms with Gasteiger partial charge in [0.15, 0.2) is 0 Å². The molecule has 1 nitrogen and oxygen atoms in total. The topological polar surface area (TPSA) is 20.2 Å². The highest BCUT2D eigenvalue weighted by Gasteiger charge is 1.99. The summed E-state index contributed by atoms with van der Waals surface area (Å²) in [6, 6.07) is 5.73. The number of thioether (sulfide) groups is 1. The molecule has 0 spiro atoms. The number of rotatable bonds is 3. The zero-order valence-corrected chi connectivity index (χ0v) is 8.45. The Morgan fingerprint density at radius 3 is 2.75 bits per heavy atom. The van der Waals surface area contributed by atoms with Gasteiger partial charge in [-0.1, -0.05) is 24.6 Å². The second-order valence-electron chi connectivity index (χ2n) is 2.34. The number of halogens is 1. The van der Waals surface area contributed by atoms with Crippen molar-refractivity contribution in [2.75, 3.05) is 5.75 Å². The van der Waals surface area contributed by atoms with E-state index in [2.05, 4.69) is 6.92 Å². The van der Waals surface area contributed by atoms with Crippen LogP contribution in [0.5, 0.6) is 0 Å². The fourth-order valence-corrected chi connectivity index (χ4v) is 1.92. The van der Waals surface area contributed by atoms with Gasteiger partial charge in [0.1, 0.15) is 0 Å². The summed E-state index contributed by atoms with van der Waals surface area (Å²) in [5, 5.41) is 9.50. The summed E-state index contributed by atoms with van der Waals surface area (Å²) in [5.74, 6) is 1.04. The number of aliphatic hydroxyl groups excluding tert-OH is 1. The Kier molecular flexibility index (Phi) is 3.92. The maximum Gasteiger partial charge on any atom is 0.0696 e. The summed E-state index contributed by atoms with van der Waals surface area (Å²) in [5.41, 5.74) is 0.789. The maximum atomic E-state index is 8.85. The minimum absolute atomic E-state index is 0.00983. The highest BCUT2D eigenvalue weighted by atomic mass is 35.5. The van der Waals surface area contributed by atoms with Crippen molar-refractivity contribution in [2.24, 2.45) is 0 Å².